The van der Waals surface area contributed by atoms with Crippen molar-refractivity contribution in [2.45, 2.75) is 6.92 Å². The van der Waals surface area contributed by atoms with Crippen LogP contribution in [0, 0.1) is 6.92 Å². The number of ether oxygens (including phenoxy) is 1. The lowest BCUT2D eigenvalue weighted by molar-refractivity contribution is 0.0993. The predicted octanol–water partition coefficient (Wildman–Crippen LogP) is 3.36. The molecule has 0 radical (unpaired) electrons. The molecule has 1 aromatic heterocycles. The SMILES string of the molecule is COc1ccc2c(=O)oc(C(=O)Nc3ccccc3C)cc2c1. The number of para-hydroxylation sites is 1. The minimum Gasteiger partial charge on any atom is -0.497 e. The molecule has 3 rings (SSSR count). The molecule has 5 heteroatoms. The highest BCUT2D eigenvalue weighted by atomic mass is 16.5. The summed E-state index contributed by atoms with van der Waals surface area (Å²) < 4.78 is 10.3. The first-order chi connectivity index (χ1) is 11.1. The highest BCUT2D eigenvalue weighted by Crippen LogP contribution is 2.20. The van der Waals surface area contributed by atoms with Crippen LogP contribution in [0.2, 0.25) is 0 Å². The number of fused-ring (bicyclic) bond motifs is 1. The second-order valence-electron chi connectivity index (χ2n) is 5.12. The van der Waals surface area contributed by atoms with Crippen molar-refractivity contribution in [1.82, 2.24) is 0 Å². The molecule has 1 N–H and O–H groups in total. The lowest BCUT2D eigenvalue weighted by Crippen LogP contribution is -2.15. The van der Waals surface area contributed by atoms with Crippen LogP contribution in [0.3, 0.4) is 0 Å². The third-order valence-electron chi connectivity index (χ3n) is 3.58. The van der Waals surface area contributed by atoms with Crippen LogP contribution in [0.5, 0.6) is 5.75 Å². The molecule has 0 aliphatic heterocycles. The topological polar surface area (TPSA) is 68.5 Å². The highest BCUT2D eigenvalue weighted by Gasteiger charge is 2.13. The average Bonchev–Trinajstić information content (AvgIpc) is 2.56. The van der Waals surface area contributed by atoms with Crippen LogP contribution >= 0.6 is 0 Å². The van der Waals surface area contributed by atoms with Gasteiger partial charge in [-0.25, -0.2) is 4.79 Å². The number of carbonyl (C=O) groups is 1. The molecule has 5 nitrogen and oxygen atoms in total. The maximum Gasteiger partial charge on any atom is 0.344 e. The Balaban J connectivity index is 2.00. The second kappa shape index (κ2) is 5.96. The lowest BCUT2D eigenvalue weighted by atomic mass is 10.1. The summed E-state index contributed by atoms with van der Waals surface area (Å²) in [6, 6.07) is 13.9. The van der Waals surface area contributed by atoms with Gasteiger partial charge in [-0.2, -0.15) is 0 Å². The molecular weight excluding hydrogens is 294 g/mol. The van der Waals surface area contributed by atoms with E-state index in [0.717, 1.165) is 5.56 Å². The summed E-state index contributed by atoms with van der Waals surface area (Å²) in [5, 5.41) is 3.74. The van der Waals surface area contributed by atoms with E-state index >= 15 is 0 Å². The second-order valence-corrected chi connectivity index (χ2v) is 5.12. The number of hydrogen-bond donors (Lipinski definition) is 1. The number of nitrogens with one attached hydrogen (secondary N) is 1. The van der Waals surface area contributed by atoms with E-state index in [4.69, 9.17) is 9.15 Å². The largest absolute Gasteiger partial charge is 0.497 e. The van der Waals surface area contributed by atoms with Crippen molar-refractivity contribution in [3.63, 3.8) is 0 Å². The molecule has 1 heterocycles. The summed E-state index contributed by atoms with van der Waals surface area (Å²) in [6.45, 7) is 1.89. The standard InChI is InChI=1S/C18H15NO4/c1-11-5-3-4-6-15(11)19-17(20)16-10-12-9-13(22-2)7-8-14(12)18(21)23-16/h3-10H,1-2H3,(H,19,20). The van der Waals surface area contributed by atoms with E-state index in [2.05, 4.69) is 5.32 Å². The van der Waals surface area contributed by atoms with Crippen molar-refractivity contribution in [2.24, 2.45) is 0 Å². The Morgan fingerprint density at radius 3 is 2.65 bits per heavy atom. The third-order valence-corrected chi connectivity index (χ3v) is 3.58. The van der Waals surface area contributed by atoms with Crippen molar-refractivity contribution in [3.05, 3.63) is 70.3 Å². The summed E-state index contributed by atoms with van der Waals surface area (Å²) in [6.07, 6.45) is 0. The van der Waals surface area contributed by atoms with Gasteiger partial charge in [0.05, 0.1) is 12.5 Å². The summed E-state index contributed by atoms with van der Waals surface area (Å²) >= 11 is 0. The van der Waals surface area contributed by atoms with Crippen molar-refractivity contribution in [1.29, 1.82) is 0 Å². The Morgan fingerprint density at radius 2 is 1.91 bits per heavy atom. The smallest absolute Gasteiger partial charge is 0.344 e. The number of amides is 1. The van der Waals surface area contributed by atoms with Crippen molar-refractivity contribution in [2.75, 3.05) is 12.4 Å². The first kappa shape index (κ1) is 14.8. The molecule has 1 amide bonds. The maximum absolute atomic E-state index is 12.3. The number of anilines is 1. The third kappa shape index (κ3) is 2.94. The van der Waals surface area contributed by atoms with Gasteiger partial charge in [-0.1, -0.05) is 18.2 Å². The van der Waals surface area contributed by atoms with Crippen LogP contribution in [0.25, 0.3) is 10.8 Å². The van der Waals surface area contributed by atoms with Crippen LogP contribution in [0.4, 0.5) is 5.69 Å². The van der Waals surface area contributed by atoms with Gasteiger partial charge in [-0.3, -0.25) is 4.79 Å². The minimum atomic E-state index is -0.555. The minimum absolute atomic E-state index is 0.0426. The van der Waals surface area contributed by atoms with Gasteiger partial charge in [0.15, 0.2) is 5.76 Å². The molecule has 0 spiro atoms. The van der Waals surface area contributed by atoms with E-state index in [1.807, 2.05) is 25.1 Å². The van der Waals surface area contributed by atoms with Gasteiger partial charge in [-0.15, -0.1) is 0 Å². The van der Waals surface area contributed by atoms with Gasteiger partial charge >= 0.3 is 5.63 Å². The van der Waals surface area contributed by atoms with Gasteiger partial charge in [-0.05, 0) is 48.2 Å². The van der Waals surface area contributed by atoms with Gasteiger partial charge in [0.1, 0.15) is 5.75 Å². The fraction of sp³-hybridized carbons (Fsp3) is 0.111. The molecule has 3 aromatic rings. The van der Waals surface area contributed by atoms with Crippen molar-refractivity contribution < 1.29 is 13.9 Å². The summed E-state index contributed by atoms with van der Waals surface area (Å²) in [4.78, 5) is 24.4. The van der Waals surface area contributed by atoms with E-state index in [0.29, 0.717) is 22.2 Å². The molecule has 116 valence electrons. The Bertz CT molecular complexity index is 943. The van der Waals surface area contributed by atoms with E-state index in [1.165, 1.54) is 6.07 Å². The first-order valence-electron chi connectivity index (χ1n) is 7.07. The molecule has 0 bridgehead atoms. The number of benzene rings is 2. The molecule has 23 heavy (non-hydrogen) atoms. The van der Waals surface area contributed by atoms with Gasteiger partial charge in [0, 0.05) is 5.69 Å². The predicted molar refractivity (Wildman–Crippen MR) is 88.2 cm³/mol. The number of carbonyl (C=O) groups excluding carboxylic acids is 1. The van der Waals surface area contributed by atoms with E-state index < -0.39 is 11.5 Å². The van der Waals surface area contributed by atoms with Gasteiger partial charge in [0.25, 0.3) is 5.91 Å². The molecular formula is C18H15NO4. The zero-order chi connectivity index (χ0) is 16.4. The Labute approximate surface area is 132 Å². The van der Waals surface area contributed by atoms with E-state index in [1.54, 1.807) is 31.4 Å². The van der Waals surface area contributed by atoms with Crippen LogP contribution in [-0.2, 0) is 0 Å². The molecule has 0 aliphatic carbocycles. The van der Waals surface area contributed by atoms with Crippen molar-refractivity contribution in [3.8, 4) is 5.75 Å². The highest BCUT2D eigenvalue weighted by molar-refractivity contribution is 6.04. The maximum atomic E-state index is 12.3. The zero-order valence-corrected chi connectivity index (χ0v) is 12.8. The normalized spacial score (nSPS) is 10.5. The fourth-order valence-electron chi connectivity index (χ4n) is 2.31. The van der Waals surface area contributed by atoms with E-state index in [-0.39, 0.29) is 5.76 Å². The van der Waals surface area contributed by atoms with Crippen LogP contribution in [0.1, 0.15) is 16.1 Å². The molecule has 0 unspecified atom stereocenters. The number of rotatable bonds is 3. The van der Waals surface area contributed by atoms with Crippen LogP contribution in [-0.4, -0.2) is 13.0 Å². The Kier molecular flexibility index (Phi) is 3.85. The molecule has 0 aliphatic rings. The van der Waals surface area contributed by atoms with Crippen LogP contribution < -0.4 is 15.7 Å². The molecule has 0 fully saturated rings. The Hall–Kier alpha value is -3.08. The zero-order valence-electron chi connectivity index (χ0n) is 12.8. The van der Waals surface area contributed by atoms with Crippen LogP contribution in [0.15, 0.2) is 57.7 Å². The molecule has 2 aromatic carbocycles. The summed E-state index contributed by atoms with van der Waals surface area (Å²) in [5.74, 6) is 0.0912. The fourth-order valence-corrected chi connectivity index (χ4v) is 2.31. The lowest BCUT2D eigenvalue weighted by Gasteiger charge is -2.08. The van der Waals surface area contributed by atoms with Gasteiger partial charge in [0.2, 0.25) is 0 Å². The first-order valence-corrected chi connectivity index (χ1v) is 7.07. The summed E-state index contributed by atoms with van der Waals surface area (Å²) in [7, 11) is 1.54. The van der Waals surface area contributed by atoms with Gasteiger partial charge < -0.3 is 14.5 Å². The number of methoxy groups -OCH3 is 1. The number of hydrogen-bond acceptors (Lipinski definition) is 4. The molecule has 0 saturated heterocycles. The molecule has 0 atom stereocenters. The monoisotopic (exact) mass is 309 g/mol. The number of aryl methyl sites for hydroxylation is 1. The quantitative estimate of drug-likeness (QED) is 0.805. The van der Waals surface area contributed by atoms with E-state index in [9.17, 15) is 9.59 Å². The Morgan fingerprint density at radius 1 is 1.13 bits per heavy atom. The summed E-state index contributed by atoms with van der Waals surface area (Å²) in [5.41, 5.74) is 1.04. The molecule has 0 saturated carbocycles. The average molecular weight is 309 g/mol. The van der Waals surface area contributed by atoms with Crippen molar-refractivity contribution >= 4 is 22.4 Å².